The van der Waals surface area contributed by atoms with Gasteiger partial charge < -0.3 is 10.5 Å². The average Bonchev–Trinajstić information content (AvgIpc) is 2.25. The van der Waals surface area contributed by atoms with E-state index >= 15 is 0 Å². The molecule has 88 valence electrons. The molecule has 2 rings (SSSR count). The molecule has 0 saturated heterocycles. The minimum absolute atomic E-state index is 0.392. The zero-order chi connectivity index (χ0) is 12.4. The Balaban J connectivity index is 2.31. The quantitative estimate of drug-likeness (QED) is 0.878. The van der Waals surface area contributed by atoms with Crippen LogP contribution in [0.5, 0.6) is 11.6 Å². The molecule has 3 nitrogen and oxygen atoms in total. The average molecular weight is 334 g/mol. The minimum Gasteiger partial charge on any atom is -0.436 e. The summed E-state index contributed by atoms with van der Waals surface area (Å²) in [5.74, 6) is 0.873. The second-order valence-electron chi connectivity index (χ2n) is 3.23. The maximum absolute atomic E-state index is 5.99. The molecule has 2 N–H and O–H groups in total. The van der Waals surface area contributed by atoms with Crippen molar-refractivity contribution < 1.29 is 4.74 Å². The molecule has 6 heteroatoms. The molecule has 0 bridgehead atoms. The first-order valence-electron chi connectivity index (χ1n) is 4.60. The highest BCUT2D eigenvalue weighted by Gasteiger charge is 2.08. The number of nitrogen functional groups attached to an aromatic ring is 1. The van der Waals surface area contributed by atoms with E-state index in [1.165, 1.54) is 6.20 Å². The van der Waals surface area contributed by atoms with E-state index in [2.05, 4.69) is 20.9 Å². The number of anilines is 1. The normalized spacial score (nSPS) is 10.3. The van der Waals surface area contributed by atoms with Crippen molar-refractivity contribution in [1.29, 1.82) is 0 Å². The lowest BCUT2D eigenvalue weighted by Gasteiger charge is -2.08. The van der Waals surface area contributed by atoms with E-state index < -0.39 is 0 Å². The van der Waals surface area contributed by atoms with Crippen LogP contribution in [0.2, 0.25) is 10.0 Å². The van der Waals surface area contributed by atoms with E-state index in [0.29, 0.717) is 31.8 Å². The number of rotatable bonds is 2. The number of aromatic nitrogens is 1. The molecule has 0 aliphatic heterocycles. The van der Waals surface area contributed by atoms with E-state index in [9.17, 15) is 0 Å². The maximum Gasteiger partial charge on any atom is 0.233 e. The summed E-state index contributed by atoms with van der Waals surface area (Å²) in [5.41, 5.74) is 6.13. The molecule has 0 atom stereocenters. The van der Waals surface area contributed by atoms with Gasteiger partial charge in [0.1, 0.15) is 5.75 Å². The van der Waals surface area contributed by atoms with Gasteiger partial charge in [0.2, 0.25) is 5.88 Å². The molecular weight excluding hydrogens is 327 g/mol. The predicted molar refractivity (Wildman–Crippen MR) is 72.9 cm³/mol. The second-order valence-corrected chi connectivity index (χ2v) is 4.93. The fourth-order valence-corrected chi connectivity index (χ4v) is 2.07. The van der Waals surface area contributed by atoms with Crippen molar-refractivity contribution in [3.8, 4) is 11.6 Å². The van der Waals surface area contributed by atoms with Crippen molar-refractivity contribution >= 4 is 44.8 Å². The summed E-state index contributed by atoms with van der Waals surface area (Å²) in [7, 11) is 0. The number of ether oxygens (including phenoxy) is 1. The SMILES string of the molecule is Nc1cnc(Oc2ccc(Cl)cc2Cl)c(Br)c1. The zero-order valence-corrected chi connectivity index (χ0v) is 11.6. The fourth-order valence-electron chi connectivity index (χ4n) is 1.18. The van der Waals surface area contributed by atoms with Crippen LogP contribution < -0.4 is 10.5 Å². The van der Waals surface area contributed by atoms with E-state index in [1.807, 2.05) is 0 Å². The van der Waals surface area contributed by atoms with Crippen molar-refractivity contribution in [1.82, 2.24) is 4.98 Å². The molecule has 0 radical (unpaired) electrons. The van der Waals surface area contributed by atoms with Gasteiger partial charge in [0.25, 0.3) is 0 Å². The van der Waals surface area contributed by atoms with Gasteiger partial charge in [-0.3, -0.25) is 0 Å². The molecule has 0 unspecified atom stereocenters. The standard InChI is InChI=1S/C11H7BrCl2N2O/c12-8-4-7(15)5-16-11(8)17-10-2-1-6(13)3-9(10)14/h1-5H,15H2. The van der Waals surface area contributed by atoms with Gasteiger partial charge >= 0.3 is 0 Å². The molecule has 1 heterocycles. The Hall–Kier alpha value is -0.970. The smallest absolute Gasteiger partial charge is 0.233 e. The number of nitrogens with two attached hydrogens (primary N) is 1. The molecule has 0 saturated carbocycles. The number of benzene rings is 1. The summed E-state index contributed by atoms with van der Waals surface area (Å²) in [6.07, 6.45) is 1.50. The number of halogens is 3. The summed E-state index contributed by atoms with van der Waals surface area (Å²) in [4.78, 5) is 4.05. The van der Waals surface area contributed by atoms with Crippen molar-refractivity contribution in [2.75, 3.05) is 5.73 Å². The summed E-state index contributed by atoms with van der Waals surface area (Å²) in [6.45, 7) is 0. The first-order valence-corrected chi connectivity index (χ1v) is 6.15. The van der Waals surface area contributed by atoms with E-state index in [1.54, 1.807) is 24.3 Å². The Morgan fingerprint density at radius 3 is 2.65 bits per heavy atom. The number of hydrogen-bond donors (Lipinski definition) is 1. The predicted octanol–water partition coefficient (Wildman–Crippen LogP) is 4.53. The van der Waals surface area contributed by atoms with E-state index in [-0.39, 0.29) is 0 Å². The van der Waals surface area contributed by atoms with Gasteiger partial charge in [-0.15, -0.1) is 0 Å². The second kappa shape index (κ2) is 5.12. The van der Waals surface area contributed by atoms with Gasteiger partial charge in [0.15, 0.2) is 0 Å². The Morgan fingerprint density at radius 2 is 2.00 bits per heavy atom. The largest absolute Gasteiger partial charge is 0.436 e. The lowest BCUT2D eigenvalue weighted by atomic mass is 10.3. The van der Waals surface area contributed by atoms with Gasteiger partial charge in [-0.05, 0) is 40.2 Å². The highest BCUT2D eigenvalue weighted by molar-refractivity contribution is 9.10. The molecule has 1 aromatic carbocycles. The lowest BCUT2D eigenvalue weighted by Crippen LogP contribution is -1.92. The van der Waals surface area contributed by atoms with Crippen LogP contribution in [-0.4, -0.2) is 4.98 Å². The Morgan fingerprint density at radius 1 is 1.24 bits per heavy atom. The van der Waals surface area contributed by atoms with Gasteiger partial charge in [-0.1, -0.05) is 23.2 Å². The zero-order valence-electron chi connectivity index (χ0n) is 8.45. The molecule has 0 spiro atoms. The van der Waals surface area contributed by atoms with Gasteiger partial charge in [-0.25, -0.2) is 4.98 Å². The minimum atomic E-state index is 0.392. The van der Waals surface area contributed by atoms with Gasteiger partial charge in [0, 0.05) is 5.02 Å². The summed E-state index contributed by atoms with van der Waals surface area (Å²) in [5, 5.41) is 0.967. The van der Waals surface area contributed by atoms with Crippen molar-refractivity contribution in [3.05, 3.63) is 45.0 Å². The number of pyridine rings is 1. The first kappa shape index (κ1) is 12.5. The monoisotopic (exact) mass is 332 g/mol. The Kier molecular flexibility index (Phi) is 3.76. The van der Waals surface area contributed by atoms with Crippen molar-refractivity contribution in [3.63, 3.8) is 0 Å². The third-order valence-electron chi connectivity index (χ3n) is 1.93. The van der Waals surface area contributed by atoms with E-state index in [4.69, 9.17) is 33.7 Å². The fraction of sp³-hybridized carbons (Fsp3) is 0. The summed E-state index contributed by atoms with van der Waals surface area (Å²) < 4.78 is 6.20. The first-order chi connectivity index (χ1) is 8.06. The molecule has 0 amide bonds. The van der Waals surface area contributed by atoms with Crippen LogP contribution in [0.15, 0.2) is 34.9 Å². The van der Waals surface area contributed by atoms with Crippen LogP contribution in [0.25, 0.3) is 0 Å². The highest BCUT2D eigenvalue weighted by Crippen LogP contribution is 2.34. The third-order valence-corrected chi connectivity index (χ3v) is 3.03. The Labute approximate surface area is 117 Å². The van der Waals surface area contributed by atoms with Crippen molar-refractivity contribution in [2.45, 2.75) is 0 Å². The lowest BCUT2D eigenvalue weighted by molar-refractivity contribution is 0.460. The van der Waals surface area contributed by atoms with Crippen LogP contribution in [0, 0.1) is 0 Å². The van der Waals surface area contributed by atoms with Gasteiger partial charge in [-0.2, -0.15) is 0 Å². The highest BCUT2D eigenvalue weighted by atomic mass is 79.9. The van der Waals surface area contributed by atoms with E-state index in [0.717, 1.165) is 0 Å². The molecule has 0 aliphatic rings. The number of nitrogens with zero attached hydrogens (tertiary/aromatic N) is 1. The third kappa shape index (κ3) is 3.03. The molecular formula is C11H7BrCl2N2O. The van der Waals surface area contributed by atoms with Crippen LogP contribution in [0.1, 0.15) is 0 Å². The topological polar surface area (TPSA) is 48.1 Å². The molecule has 0 aliphatic carbocycles. The molecule has 0 fully saturated rings. The van der Waals surface area contributed by atoms with Crippen LogP contribution in [0.3, 0.4) is 0 Å². The van der Waals surface area contributed by atoms with Crippen molar-refractivity contribution in [2.24, 2.45) is 0 Å². The molecule has 17 heavy (non-hydrogen) atoms. The maximum atomic E-state index is 5.99. The van der Waals surface area contributed by atoms with Crippen LogP contribution in [0.4, 0.5) is 5.69 Å². The molecule has 1 aromatic heterocycles. The summed E-state index contributed by atoms with van der Waals surface area (Å²) in [6, 6.07) is 6.67. The van der Waals surface area contributed by atoms with Crippen LogP contribution >= 0.6 is 39.1 Å². The molecule has 2 aromatic rings. The Bertz CT molecular complexity index is 514. The van der Waals surface area contributed by atoms with Gasteiger partial charge in [0.05, 0.1) is 21.4 Å². The number of hydrogen-bond acceptors (Lipinski definition) is 3. The summed E-state index contributed by atoms with van der Waals surface area (Å²) >= 11 is 15.1. The van der Waals surface area contributed by atoms with Crippen LogP contribution in [-0.2, 0) is 0 Å².